The molecule has 0 radical (unpaired) electrons. The van der Waals surface area contributed by atoms with Crippen LogP contribution in [-0.4, -0.2) is 30.8 Å². The summed E-state index contributed by atoms with van der Waals surface area (Å²) in [6.45, 7) is 3.70. The number of rotatable bonds is 7. The molecule has 6 nitrogen and oxygen atoms in total. The van der Waals surface area contributed by atoms with E-state index in [2.05, 4.69) is 10.6 Å². The van der Waals surface area contributed by atoms with Gasteiger partial charge in [0, 0.05) is 0 Å². The van der Waals surface area contributed by atoms with Crippen molar-refractivity contribution < 1.29 is 14.4 Å². The van der Waals surface area contributed by atoms with Gasteiger partial charge in [0.2, 0.25) is 18.2 Å². The number of primary amides is 1. The lowest BCUT2D eigenvalue weighted by Crippen LogP contribution is -2.47. The van der Waals surface area contributed by atoms with Crippen LogP contribution in [0.15, 0.2) is 0 Å². The second kappa shape index (κ2) is 6.80. The Morgan fingerprint density at radius 2 is 2.00 bits per heavy atom. The lowest BCUT2D eigenvalue weighted by Gasteiger charge is -2.17. The fourth-order valence-corrected chi connectivity index (χ4v) is 1.10. The van der Waals surface area contributed by atoms with Crippen LogP contribution in [0, 0.1) is 5.92 Å². The maximum atomic E-state index is 11.2. The van der Waals surface area contributed by atoms with Crippen molar-refractivity contribution >= 4 is 18.2 Å². The Hall–Kier alpha value is -1.59. The Morgan fingerprint density at radius 1 is 1.40 bits per heavy atom. The van der Waals surface area contributed by atoms with E-state index in [1.807, 2.05) is 13.8 Å². The lowest BCUT2D eigenvalue weighted by atomic mass is 10.0. The number of hydrogen-bond donors (Lipinski definition) is 3. The zero-order chi connectivity index (χ0) is 11.8. The molecule has 0 aliphatic rings. The van der Waals surface area contributed by atoms with E-state index in [1.54, 1.807) is 0 Å². The highest BCUT2D eigenvalue weighted by atomic mass is 16.2. The van der Waals surface area contributed by atoms with Crippen molar-refractivity contribution in [3.63, 3.8) is 0 Å². The Labute approximate surface area is 88.6 Å². The first-order valence-corrected chi connectivity index (χ1v) is 4.73. The van der Waals surface area contributed by atoms with Gasteiger partial charge < -0.3 is 16.4 Å². The van der Waals surface area contributed by atoms with Gasteiger partial charge in [0.1, 0.15) is 6.04 Å². The molecule has 0 spiro atoms. The van der Waals surface area contributed by atoms with Gasteiger partial charge in [0.15, 0.2) is 0 Å². The minimum atomic E-state index is -0.675. The number of nitrogens with two attached hydrogens (primary N) is 1. The maximum absolute atomic E-state index is 11.2. The van der Waals surface area contributed by atoms with Gasteiger partial charge in [0.05, 0.1) is 6.54 Å². The van der Waals surface area contributed by atoms with Crippen LogP contribution in [0.2, 0.25) is 0 Å². The Morgan fingerprint density at radius 3 is 2.40 bits per heavy atom. The van der Waals surface area contributed by atoms with Gasteiger partial charge in [-0.3, -0.25) is 14.4 Å². The molecule has 0 aromatic rings. The molecule has 0 aromatic carbocycles. The van der Waals surface area contributed by atoms with Crippen molar-refractivity contribution in [3.05, 3.63) is 0 Å². The van der Waals surface area contributed by atoms with E-state index in [1.165, 1.54) is 0 Å². The number of amides is 3. The first-order valence-electron chi connectivity index (χ1n) is 4.73. The van der Waals surface area contributed by atoms with Crippen molar-refractivity contribution in [2.24, 2.45) is 11.7 Å². The molecule has 0 rings (SSSR count). The molecule has 86 valence electrons. The summed E-state index contributed by atoms with van der Waals surface area (Å²) < 4.78 is 0. The maximum Gasteiger partial charge on any atom is 0.240 e. The van der Waals surface area contributed by atoms with E-state index in [-0.39, 0.29) is 12.5 Å². The van der Waals surface area contributed by atoms with E-state index >= 15 is 0 Å². The first kappa shape index (κ1) is 13.4. The summed E-state index contributed by atoms with van der Waals surface area (Å²) in [5.41, 5.74) is 5.12. The van der Waals surface area contributed by atoms with Gasteiger partial charge in [0.25, 0.3) is 0 Å². The molecule has 0 aliphatic heterocycles. The smallest absolute Gasteiger partial charge is 0.240 e. The molecule has 0 aromatic heterocycles. The third-order valence-corrected chi connectivity index (χ3v) is 1.73. The topological polar surface area (TPSA) is 101 Å². The molecule has 4 N–H and O–H groups in total. The van der Waals surface area contributed by atoms with Gasteiger partial charge in [-0.25, -0.2) is 0 Å². The van der Waals surface area contributed by atoms with Crippen LogP contribution in [0.4, 0.5) is 0 Å². The molecule has 1 unspecified atom stereocenters. The van der Waals surface area contributed by atoms with Crippen molar-refractivity contribution in [2.45, 2.75) is 26.3 Å². The highest BCUT2D eigenvalue weighted by Gasteiger charge is 2.18. The van der Waals surface area contributed by atoms with Crippen molar-refractivity contribution in [3.8, 4) is 0 Å². The fourth-order valence-electron chi connectivity index (χ4n) is 1.10. The first-order chi connectivity index (χ1) is 6.97. The van der Waals surface area contributed by atoms with Gasteiger partial charge in [-0.1, -0.05) is 13.8 Å². The summed E-state index contributed by atoms with van der Waals surface area (Å²) in [7, 11) is 0. The largest absolute Gasteiger partial charge is 0.368 e. The van der Waals surface area contributed by atoms with E-state index < -0.39 is 17.9 Å². The lowest BCUT2D eigenvalue weighted by molar-refractivity contribution is -0.127. The minimum absolute atomic E-state index is 0.147. The van der Waals surface area contributed by atoms with E-state index in [0.717, 1.165) is 0 Å². The van der Waals surface area contributed by atoms with Crippen molar-refractivity contribution in [1.82, 2.24) is 10.6 Å². The van der Waals surface area contributed by atoms with Crippen LogP contribution in [0.5, 0.6) is 0 Å². The van der Waals surface area contributed by atoms with Crippen LogP contribution < -0.4 is 16.4 Å². The number of carbonyl (C=O) groups is 3. The molecule has 0 saturated heterocycles. The van der Waals surface area contributed by atoms with Crippen LogP contribution in [0.25, 0.3) is 0 Å². The van der Waals surface area contributed by atoms with E-state index in [0.29, 0.717) is 12.8 Å². The Kier molecular flexibility index (Phi) is 6.08. The second-order valence-corrected chi connectivity index (χ2v) is 3.65. The summed E-state index contributed by atoms with van der Waals surface area (Å²) in [4.78, 5) is 32.0. The van der Waals surface area contributed by atoms with Gasteiger partial charge in [-0.05, 0) is 12.3 Å². The molecule has 1 atom stereocenters. The minimum Gasteiger partial charge on any atom is -0.368 e. The molecule has 0 fully saturated rings. The monoisotopic (exact) mass is 215 g/mol. The molecule has 0 saturated carbocycles. The summed E-state index contributed by atoms with van der Waals surface area (Å²) in [6.07, 6.45) is 0.906. The van der Waals surface area contributed by atoms with Gasteiger partial charge in [-0.2, -0.15) is 0 Å². The molecular weight excluding hydrogens is 198 g/mol. The molecule has 0 bridgehead atoms. The van der Waals surface area contributed by atoms with Crippen LogP contribution in [0.3, 0.4) is 0 Å². The third kappa shape index (κ3) is 6.48. The van der Waals surface area contributed by atoms with Gasteiger partial charge in [-0.15, -0.1) is 0 Å². The predicted octanol–water partition coefficient (Wildman–Crippen LogP) is -1.25. The second-order valence-electron chi connectivity index (χ2n) is 3.65. The normalized spacial score (nSPS) is 11.9. The van der Waals surface area contributed by atoms with E-state index in [9.17, 15) is 14.4 Å². The predicted molar refractivity (Wildman–Crippen MR) is 54.6 cm³/mol. The zero-order valence-electron chi connectivity index (χ0n) is 8.95. The van der Waals surface area contributed by atoms with Crippen LogP contribution >= 0.6 is 0 Å². The van der Waals surface area contributed by atoms with Crippen molar-refractivity contribution in [1.29, 1.82) is 0 Å². The number of hydrogen-bond acceptors (Lipinski definition) is 3. The summed E-state index contributed by atoms with van der Waals surface area (Å²) in [5, 5.41) is 4.65. The quantitative estimate of drug-likeness (QED) is 0.462. The average Bonchev–Trinajstić information content (AvgIpc) is 2.12. The highest BCUT2D eigenvalue weighted by molar-refractivity contribution is 5.87. The number of carbonyl (C=O) groups excluding carboxylic acids is 3. The fraction of sp³-hybridized carbons (Fsp3) is 0.667. The van der Waals surface area contributed by atoms with Crippen LogP contribution in [0.1, 0.15) is 20.3 Å². The molecule has 15 heavy (non-hydrogen) atoms. The molecule has 3 amide bonds. The number of nitrogens with one attached hydrogen (secondary N) is 2. The Bertz CT molecular complexity index is 241. The Balaban J connectivity index is 4.10. The van der Waals surface area contributed by atoms with E-state index in [4.69, 9.17) is 5.73 Å². The standard InChI is InChI=1S/C9H17N3O3/c1-6(2)3-7(9(10)15)12-8(14)4-11-5-13/h5-7H,3-4H2,1-2H3,(H2,10,15)(H,11,13)(H,12,14). The summed E-state index contributed by atoms with van der Waals surface area (Å²) in [6, 6.07) is -0.675. The highest BCUT2D eigenvalue weighted by Crippen LogP contribution is 2.03. The molecule has 0 aliphatic carbocycles. The van der Waals surface area contributed by atoms with Crippen molar-refractivity contribution in [2.75, 3.05) is 6.54 Å². The average molecular weight is 215 g/mol. The molecular formula is C9H17N3O3. The SMILES string of the molecule is CC(C)CC(NC(=O)CNC=O)C(N)=O. The molecule has 6 heteroatoms. The molecule has 0 heterocycles. The summed E-state index contributed by atoms with van der Waals surface area (Å²) >= 11 is 0. The van der Waals surface area contributed by atoms with Crippen LogP contribution in [-0.2, 0) is 14.4 Å². The summed E-state index contributed by atoms with van der Waals surface area (Å²) in [5.74, 6) is -0.739. The van der Waals surface area contributed by atoms with Gasteiger partial charge >= 0.3 is 0 Å². The third-order valence-electron chi connectivity index (χ3n) is 1.73. The zero-order valence-corrected chi connectivity index (χ0v) is 8.95.